The van der Waals surface area contributed by atoms with E-state index in [1.54, 1.807) is 4.57 Å². The van der Waals surface area contributed by atoms with Gasteiger partial charge in [0.1, 0.15) is 5.58 Å². The maximum absolute atomic E-state index is 10.8. The van der Waals surface area contributed by atoms with Crippen LogP contribution in [0.2, 0.25) is 0 Å². The molecule has 0 aliphatic rings. The minimum Gasteiger partial charge on any atom is -0.453 e. The van der Waals surface area contributed by atoms with E-state index in [9.17, 15) is 4.79 Å². The van der Waals surface area contributed by atoms with E-state index < -0.39 is 0 Å². The summed E-state index contributed by atoms with van der Waals surface area (Å²) in [5.74, 6) is 1.05. The highest BCUT2D eigenvalue weighted by molar-refractivity contribution is 7.99. The Balaban J connectivity index is 1.95. The summed E-state index contributed by atoms with van der Waals surface area (Å²) in [7, 11) is 1.83. The third-order valence-electron chi connectivity index (χ3n) is 2.82. The summed E-state index contributed by atoms with van der Waals surface area (Å²) in [6, 6.07) is 9.66. The second-order valence-electron chi connectivity index (χ2n) is 4.27. The lowest BCUT2D eigenvalue weighted by Gasteiger charge is -2.00. The smallest absolute Gasteiger partial charge is 0.227 e. The summed E-state index contributed by atoms with van der Waals surface area (Å²) in [5, 5.41) is 9.78. The predicted octanol–water partition coefficient (Wildman–Crippen LogP) is 1.81. The van der Waals surface area contributed by atoms with E-state index in [2.05, 4.69) is 10.2 Å². The number of nitrogens with zero attached hydrogens (tertiary/aromatic N) is 3. The first-order chi connectivity index (χ1) is 9.65. The van der Waals surface area contributed by atoms with E-state index in [1.165, 1.54) is 11.8 Å². The summed E-state index contributed by atoms with van der Waals surface area (Å²) in [4.78, 5) is 10.8. The topological polar surface area (TPSA) is 86.9 Å². The minimum atomic E-state index is -0.386. The van der Waals surface area contributed by atoms with Gasteiger partial charge in [-0.3, -0.25) is 4.79 Å². The van der Waals surface area contributed by atoms with Gasteiger partial charge in [0.25, 0.3) is 0 Å². The van der Waals surface area contributed by atoms with Crippen LogP contribution < -0.4 is 5.73 Å². The molecule has 6 nitrogen and oxygen atoms in total. The number of furan rings is 1. The van der Waals surface area contributed by atoms with Gasteiger partial charge in [-0.05, 0) is 12.1 Å². The van der Waals surface area contributed by atoms with Crippen molar-refractivity contribution in [2.75, 3.05) is 5.75 Å². The molecule has 3 aromatic rings. The number of fused-ring (bicyclic) bond motifs is 1. The van der Waals surface area contributed by atoms with Crippen molar-refractivity contribution in [3.8, 4) is 11.6 Å². The van der Waals surface area contributed by atoms with Gasteiger partial charge in [-0.2, -0.15) is 0 Å². The first-order valence-electron chi connectivity index (χ1n) is 5.94. The van der Waals surface area contributed by atoms with Crippen LogP contribution in [0.3, 0.4) is 0 Å². The molecule has 0 atom stereocenters. The first kappa shape index (κ1) is 12.7. The molecule has 2 N–H and O–H groups in total. The molecule has 20 heavy (non-hydrogen) atoms. The molecule has 1 aromatic carbocycles. The standard InChI is InChI=1S/C13H12N4O2S/c1-17-12(15-16-13(17)20-7-11(14)18)10-6-8-4-2-3-5-9(8)19-10/h2-6H,7H2,1H3,(H2,14,18). The molecule has 0 saturated carbocycles. The second kappa shape index (κ2) is 5.01. The van der Waals surface area contributed by atoms with E-state index >= 15 is 0 Å². The van der Waals surface area contributed by atoms with Gasteiger partial charge in [0, 0.05) is 12.4 Å². The van der Waals surface area contributed by atoms with E-state index in [0.717, 1.165) is 11.0 Å². The number of benzene rings is 1. The summed E-state index contributed by atoms with van der Waals surface area (Å²) in [6.45, 7) is 0. The molecular formula is C13H12N4O2S. The molecular weight excluding hydrogens is 276 g/mol. The Morgan fingerprint density at radius 1 is 1.40 bits per heavy atom. The van der Waals surface area contributed by atoms with Crippen molar-refractivity contribution in [3.63, 3.8) is 0 Å². The van der Waals surface area contributed by atoms with Gasteiger partial charge in [0.15, 0.2) is 16.7 Å². The number of amides is 1. The van der Waals surface area contributed by atoms with Crippen molar-refractivity contribution < 1.29 is 9.21 Å². The number of hydrogen-bond donors (Lipinski definition) is 1. The van der Waals surface area contributed by atoms with Crippen LogP contribution in [0.15, 0.2) is 39.9 Å². The van der Waals surface area contributed by atoms with Crippen LogP contribution in [0.1, 0.15) is 0 Å². The number of carbonyl (C=O) groups excluding carboxylic acids is 1. The number of carbonyl (C=O) groups is 1. The zero-order chi connectivity index (χ0) is 14.1. The lowest BCUT2D eigenvalue weighted by atomic mass is 10.2. The summed E-state index contributed by atoms with van der Waals surface area (Å²) in [5.41, 5.74) is 5.93. The Morgan fingerprint density at radius 3 is 2.95 bits per heavy atom. The van der Waals surface area contributed by atoms with Crippen molar-refractivity contribution >= 4 is 28.6 Å². The number of para-hydroxylation sites is 1. The van der Waals surface area contributed by atoms with E-state index in [0.29, 0.717) is 16.7 Å². The number of aromatic nitrogens is 3. The molecule has 2 heterocycles. The Labute approximate surface area is 119 Å². The number of hydrogen-bond acceptors (Lipinski definition) is 5. The van der Waals surface area contributed by atoms with E-state index in [1.807, 2.05) is 37.4 Å². The average Bonchev–Trinajstić information content (AvgIpc) is 2.99. The Morgan fingerprint density at radius 2 is 2.20 bits per heavy atom. The number of rotatable bonds is 4. The predicted molar refractivity (Wildman–Crippen MR) is 76.1 cm³/mol. The fraction of sp³-hybridized carbons (Fsp3) is 0.154. The largest absolute Gasteiger partial charge is 0.453 e. The summed E-state index contributed by atoms with van der Waals surface area (Å²) >= 11 is 1.25. The molecule has 3 rings (SSSR count). The molecule has 0 saturated heterocycles. The average molecular weight is 288 g/mol. The lowest BCUT2D eigenvalue weighted by Crippen LogP contribution is -2.13. The highest BCUT2D eigenvalue weighted by Crippen LogP contribution is 2.28. The molecule has 0 spiro atoms. The maximum Gasteiger partial charge on any atom is 0.227 e. The monoisotopic (exact) mass is 288 g/mol. The minimum absolute atomic E-state index is 0.173. The van der Waals surface area contributed by atoms with Crippen LogP contribution in [0.25, 0.3) is 22.6 Å². The number of thioether (sulfide) groups is 1. The van der Waals surface area contributed by atoms with Crippen molar-refractivity contribution in [1.82, 2.24) is 14.8 Å². The van der Waals surface area contributed by atoms with Gasteiger partial charge in [0.05, 0.1) is 5.75 Å². The van der Waals surface area contributed by atoms with Crippen LogP contribution in [-0.2, 0) is 11.8 Å². The molecule has 0 unspecified atom stereocenters. The van der Waals surface area contributed by atoms with Crippen LogP contribution in [-0.4, -0.2) is 26.4 Å². The van der Waals surface area contributed by atoms with Crippen molar-refractivity contribution in [1.29, 1.82) is 0 Å². The SMILES string of the molecule is Cn1c(SCC(N)=O)nnc1-c1cc2ccccc2o1. The van der Waals surface area contributed by atoms with Gasteiger partial charge < -0.3 is 14.7 Å². The highest BCUT2D eigenvalue weighted by Gasteiger charge is 2.15. The fourth-order valence-electron chi connectivity index (χ4n) is 1.88. The lowest BCUT2D eigenvalue weighted by molar-refractivity contribution is -0.115. The quantitative estimate of drug-likeness (QED) is 0.740. The van der Waals surface area contributed by atoms with Crippen molar-refractivity contribution in [2.45, 2.75) is 5.16 Å². The zero-order valence-electron chi connectivity index (χ0n) is 10.7. The molecule has 0 aliphatic heterocycles. The third-order valence-corrected chi connectivity index (χ3v) is 3.87. The van der Waals surface area contributed by atoms with E-state index in [4.69, 9.17) is 10.2 Å². The summed E-state index contributed by atoms with van der Waals surface area (Å²) < 4.78 is 7.53. The Hall–Kier alpha value is -2.28. The van der Waals surface area contributed by atoms with Crippen molar-refractivity contribution in [3.05, 3.63) is 30.3 Å². The number of nitrogens with two attached hydrogens (primary N) is 1. The molecule has 0 aliphatic carbocycles. The molecule has 102 valence electrons. The van der Waals surface area contributed by atoms with Crippen LogP contribution in [0, 0.1) is 0 Å². The van der Waals surface area contributed by atoms with Gasteiger partial charge in [-0.15, -0.1) is 10.2 Å². The normalized spacial score (nSPS) is 11.1. The highest BCUT2D eigenvalue weighted by atomic mass is 32.2. The van der Waals surface area contributed by atoms with Gasteiger partial charge in [0.2, 0.25) is 5.91 Å². The Kier molecular flexibility index (Phi) is 3.19. The van der Waals surface area contributed by atoms with Crippen LogP contribution in [0.5, 0.6) is 0 Å². The summed E-state index contributed by atoms with van der Waals surface area (Å²) in [6.07, 6.45) is 0. The zero-order valence-corrected chi connectivity index (χ0v) is 11.6. The van der Waals surface area contributed by atoms with Gasteiger partial charge in [-0.25, -0.2) is 0 Å². The molecule has 1 amide bonds. The maximum atomic E-state index is 10.8. The fourth-order valence-corrected chi connectivity index (χ4v) is 2.53. The van der Waals surface area contributed by atoms with Crippen LogP contribution in [0.4, 0.5) is 0 Å². The van der Waals surface area contributed by atoms with Gasteiger partial charge >= 0.3 is 0 Å². The molecule has 0 bridgehead atoms. The second-order valence-corrected chi connectivity index (χ2v) is 5.21. The number of primary amides is 1. The molecule has 0 radical (unpaired) electrons. The van der Waals surface area contributed by atoms with Gasteiger partial charge in [-0.1, -0.05) is 30.0 Å². The van der Waals surface area contributed by atoms with E-state index in [-0.39, 0.29) is 11.7 Å². The third kappa shape index (κ3) is 2.27. The molecule has 0 fully saturated rings. The van der Waals surface area contributed by atoms with Crippen molar-refractivity contribution in [2.24, 2.45) is 12.8 Å². The molecule has 7 heteroatoms. The Bertz CT molecular complexity index is 745. The molecule has 2 aromatic heterocycles. The van der Waals surface area contributed by atoms with Crippen LogP contribution >= 0.6 is 11.8 Å². The first-order valence-corrected chi connectivity index (χ1v) is 6.93.